The van der Waals surface area contributed by atoms with Gasteiger partial charge in [0.15, 0.2) is 0 Å². The van der Waals surface area contributed by atoms with Crippen molar-refractivity contribution >= 4 is 17.6 Å². The highest BCUT2D eigenvalue weighted by atomic mass is 35.5. The van der Waals surface area contributed by atoms with Gasteiger partial charge in [0.05, 0.1) is 11.7 Å². The number of urea groups is 1. The SMILES string of the molecule is CN1CCN(C(=O)N2CCN(C3c4ccc(Cl)cc4CCc4cccnc43)CC2)CC1. The summed E-state index contributed by atoms with van der Waals surface area (Å²) >= 11 is 6.33. The van der Waals surface area contributed by atoms with Crippen LogP contribution in [0.15, 0.2) is 36.5 Å². The lowest BCUT2D eigenvalue weighted by atomic mass is 9.96. The van der Waals surface area contributed by atoms with Gasteiger partial charge in [0.25, 0.3) is 0 Å². The minimum atomic E-state index is 0.117. The lowest BCUT2D eigenvalue weighted by molar-refractivity contribution is 0.0859. The summed E-state index contributed by atoms with van der Waals surface area (Å²) in [6.45, 7) is 6.77. The number of carbonyl (C=O) groups excluding carboxylic acids is 1. The predicted octanol–water partition coefficient (Wildman–Crippen LogP) is 2.91. The van der Waals surface area contributed by atoms with E-state index in [9.17, 15) is 4.79 Å². The standard InChI is InChI=1S/C24H30ClN5O/c1-27-9-11-29(12-10-27)24(31)30-15-13-28(14-16-30)23-21-7-6-20(25)17-19(21)5-4-18-3-2-8-26-22(18)23/h2-3,6-8,17,23H,4-5,9-16H2,1H3. The van der Waals surface area contributed by atoms with E-state index < -0.39 is 0 Å². The van der Waals surface area contributed by atoms with Gasteiger partial charge in [0, 0.05) is 63.6 Å². The minimum Gasteiger partial charge on any atom is -0.322 e. The van der Waals surface area contributed by atoms with Crippen LogP contribution in [0.4, 0.5) is 4.79 Å². The Bertz CT molecular complexity index is 951. The van der Waals surface area contributed by atoms with Crippen LogP contribution in [0.1, 0.15) is 28.4 Å². The van der Waals surface area contributed by atoms with Crippen LogP contribution in [-0.2, 0) is 12.8 Å². The van der Waals surface area contributed by atoms with Gasteiger partial charge in [-0.15, -0.1) is 0 Å². The highest BCUT2D eigenvalue weighted by molar-refractivity contribution is 6.30. The molecule has 2 fully saturated rings. The monoisotopic (exact) mass is 439 g/mol. The van der Waals surface area contributed by atoms with E-state index in [0.717, 1.165) is 75.9 Å². The van der Waals surface area contributed by atoms with Crippen molar-refractivity contribution in [3.63, 3.8) is 0 Å². The molecule has 2 aromatic rings. The summed E-state index contributed by atoms with van der Waals surface area (Å²) in [6, 6.07) is 10.8. The number of likely N-dealkylation sites (N-methyl/N-ethyl adjacent to an activating group) is 1. The molecule has 3 aliphatic rings. The normalized spacial score (nSPS) is 22.6. The highest BCUT2D eigenvalue weighted by Crippen LogP contribution is 2.37. The van der Waals surface area contributed by atoms with Crippen molar-refractivity contribution in [2.45, 2.75) is 18.9 Å². The molecule has 2 amide bonds. The zero-order valence-electron chi connectivity index (χ0n) is 18.1. The second kappa shape index (κ2) is 8.77. The molecule has 0 N–H and O–H groups in total. The van der Waals surface area contributed by atoms with Gasteiger partial charge in [0.1, 0.15) is 0 Å². The van der Waals surface area contributed by atoms with Gasteiger partial charge in [-0.25, -0.2) is 4.79 Å². The fourth-order valence-electron chi connectivity index (χ4n) is 5.12. The summed E-state index contributed by atoms with van der Waals surface area (Å²) in [6.07, 6.45) is 3.86. The summed E-state index contributed by atoms with van der Waals surface area (Å²) in [5.41, 5.74) is 5.09. The van der Waals surface area contributed by atoms with Crippen LogP contribution >= 0.6 is 11.6 Å². The Hall–Kier alpha value is -2.15. The zero-order chi connectivity index (χ0) is 21.4. The molecule has 0 radical (unpaired) electrons. The number of amides is 2. The average Bonchev–Trinajstić information content (AvgIpc) is 2.96. The third-order valence-corrected chi connectivity index (χ3v) is 7.21. The summed E-state index contributed by atoms with van der Waals surface area (Å²) in [5, 5.41) is 0.791. The molecule has 3 heterocycles. The number of halogens is 1. The number of nitrogens with zero attached hydrogens (tertiary/aromatic N) is 5. The molecule has 31 heavy (non-hydrogen) atoms. The van der Waals surface area contributed by atoms with E-state index in [1.54, 1.807) is 0 Å². The van der Waals surface area contributed by atoms with Gasteiger partial charge in [-0.2, -0.15) is 0 Å². The summed E-state index contributed by atoms with van der Waals surface area (Å²) in [5.74, 6) is 0. The van der Waals surface area contributed by atoms with E-state index in [2.05, 4.69) is 35.0 Å². The Morgan fingerprint density at radius 3 is 2.35 bits per heavy atom. The first kappa shape index (κ1) is 20.7. The van der Waals surface area contributed by atoms with E-state index in [4.69, 9.17) is 16.6 Å². The third kappa shape index (κ3) is 4.16. The summed E-state index contributed by atoms with van der Waals surface area (Å²) < 4.78 is 0. The molecule has 5 rings (SSSR count). The number of pyridine rings is 1. The second-order valence-electron chi connectivity index (χ2n) is 8.89. The molecular weight excluding hydrogens is 410 g/mol. The van der Waals surface area contributed by atoms with Gasteiger partial charge in [-0.05, 0) is 54.8 Å². The first-order chi connectivity index (χ1) is 15.1. The highest BCUT2D eigenvalue weighted by Gasteiger charge is 2.34. The van der Waals surface area contributed by atoms with E-state index in [0.29, 0.717) is 0 Å². The van der Waals surface area contributed by atoms with Crippen molar-refractivity contribution in [3.05, 3.63) is 63.9 Å². The Labute approximate surface area is 189 Å². The molecule has 1 aliphatic carbocycles. The molecule has 2 saturated heterocycles. The van der Waals surface area contributed by atoms with Crippen LogP contribution in [0.25, 0.3) is 0 Å². The van der Waals surface area contributed by atoms with E-state index in [1.165, 1.54) is 16.7 Å². The van der Waals surface area contributed by atoms with E-state index >= 15 is 0 Å². The number of rotatable bonds is 1. The molecule has 2 aliphatic heterocycles. The number of hydrogen-bond acceptors (Lipinski definition) is 4. The van der Waals surface area contributed by atoms with Gasteiger partial charge in [0.2, 0.25) is 0 Å². The fraction of sp³-hybridized carbons (Fsp3) is 0.500. The predicted molar refractivity (Wildman–Crippen MR) is 123 cm³/mol. The zero-order valence-corrected chi connectivity index (χ0v) is 18.9. The van der Waals surface area contributed by atoms with Crippen molar-refractivity contribution in [2.24, 2.45) is 0 Å². The molecule has 1 unspecified atom stereocenters. The lowest BCUT2D eigenvalue weighted by Gasteiger charge is -2.42. The lowest BCUT2D eigenvalue weighted by Crippen LogP contribution is -2.56. The largest absolute Gasteiger partial charge is 0.322 e. The topological polar surface area (TPSA) is 42.9 Å². The molecule has 1 aromatic carbocycles. The molecule has 6 nitrogen and oxygen atoms in total. The second-order valence-corrected chi connectivity index (χ2v) is 9.33. The van der Waals surface area contributed by atoms with Crippen LogP contribution < -0.4 is 0 Å². The van der Waals surface area contributed by atoms with Gasteiger partial charge in [-0.3, -0.25) is 9.88 Å². The number of piperazine rings is 2. The van der Waals surface area contributed by atoms with Crippen molar-refractivity contribution < 1.29 is 4.79 Å². The molecule has 0 saturated carbocycles. The average molecular weight is 440 g/mol. The Morgan fingerprint density at radius 1 is 0.935 bits per heavy atom. The van der Waals surface area contributed by atoms with Crippen molar-refractivity contribution in [1.29, 1.82) is 0 Å². The van der Waals surface area contributed by atoms with E-state index in [1.807, 2.05) is 28.1 Å². The van der Waals surface area contributed by atoms with Crippen LogP contribution in [0.2, 0.25) is 5.02 Å². The molecule has 0 bridgehead atoms. The molecular formula is C24H30ClN5O. The minimum absolute atomic E-state index is 0.117. The summed E-state index contributed by atoms with van der Waals surface area (Å²) in [4.78, 5) is 26.7. The molecule has 164 valence electrons. The molecule has 1 aromatic heterocycles. The number of carbonyl (C=O) groups is 1. The molecule has 7 heteroatoms. The Morgan fingerprint density at radius 2 is 1.61 bits per heavy atom. The first-order valence-corrected chi connectivity index (χ1v) is 11.7. The van der Waals surface area contributed by atoms with Gasteiger partial charge >= 0.3 is 6.03 Å². The summed E-state index contributed by atoms with van der Waals surface area (Å²) in [7, 11) is 2.12. The number of benzene rings is 1. The van der Waals surface area contributed by atoms with E-state index in [-0.39, 0.29) is 12.1 Å². The number of aromatic nitrogens is 1. The number of fused-ring (bicyclic) bond motifs is 2. The number of hydrogen-bond donors (Lipinski definition) is 0. The smallest absolute Gasteiger partial charge is 0.320 e. The molecule has 1 atom stereocenters. The Kier molecular flexibility index (Phi) is 5.87. The maximum atomic E-state index is 13.0. The third-order valence-electron chi connectivity index (χ3n) is 6.97. The van der Waals surface area contributed by atoms with Crippen molar-refractivity contribution in [3.8, 4) is 0 Å². The van der Waals surface area contributed by atoms with Crippen molar-refractivity contribution in [1.82, 2.24) is 24.6 Å². The maximum Gasteiger partial charge on any atom is 0.320 e. The number of aryl methyl sites for hydroxylation is 2. The maximum absolute atomic E-state index is 13.0. The van der Waals surface area contributed by atoms with Crippen LogP contribution in [0.3, 0.4) is 0 Å². The van der Waals surface area contributed by atoms with Crippen LogP contribution in [0.5, 0.6) is 0 Å². The Balaban J connectivity index is 1.36. The van der Waals surface area contributed by atoms with Gasteiger partial charge in [-0.1, -0.05) is 23.7 Å². The quantitative estimate of drug-likeness (QED) is 0.685. The fourth-order valence-corrected chi connectivity index (χ4v) is 5.32. The van der Waals surface area contributed by atoms with Crippen LogP contribution in [0, 0.1) is 0 Å². The van der Waals surface area contributed by atoms with Gasteiger partial charge < -0.3 is 14.7 Å². The van der Waals surface area contributed by atoms with Crippen molar-refractivity contribution in [2.75, 3.05) is 59.4 Å². The molecule has 0 spiro atoms. The van der Waals surface area contributed by atoms with Crippen LogP contribution in [-0.4, -0.2) is 90.0 Å². The first-order valence-electron chi connectivity index (χ1n) is 11.3.